The number of amides is 2. The molecule has 0 N–H and O–H groups in total. The smallest absolute Gasteiger partial charge is 0.258 e. The lowest BCUT2D eigenvalue weighted by molar-refractivity contribution is -0.124. The van der Waals surface area contributed by atoms with Crippen molar-refractivity contribution in [1.82, 2.24) is 14.8 Å². The largest absolute Gasteiger partial charge is 0.373 e. The van der Waals surface area contributed by atoms with Gasteiger partial charge in [-0.15, -0.1) is 5.10 Å². The van der Waals surface area contributed by atoms with E-state index in [1.807, 2.05) is 31.2 Å². The van der Waals surface area contributed by atoms with Crippen molar-refractivity contribution in [2.24, 2.45) is 11.8 Å². The van der Waals surface area contributed by atoms with Crippen LogP contribution in [-0.2, 0) is 20.9 Å². The number of aryl methyl sites for hydroxylation is 1. The molecule has 7 heteroatoms. The molecular weight excluding hydrogens is 320 g/mol. The zero-order chi connectivity index (χ0) is 17.1. The van der Waals surface area contributed by atoms with Gasteiger partial charge in [0.05, 0.1) is 30.6 Å². The summed E-state index contributed by atoms with van der Waals surface area (Å²) in [6.07, 6.45) is 3.04. The van der Waals surface area contributed by atoms with Crippen molar-refractivity contribution in [3.05, 3.63) is 41.7 Å². The average Bonchev–Trinajstić information content (AvgIpc) is 3.35. The molecule has 7 nitrogen and oxygen atoms in total. The van der Waals surface area contributed by atoms with Crippen LogP contribution in [0.3, 0.4) is 0 Å². The Morgan fingerprint density at radius 3 is 2.36 bits per heavy atom. The molecule has 4 atom stereocenters. The predicted molar refractivity (Wildman–Crippen MR) is 87.7 cm³/mol. The van der Waals surface area contributed by atoms with Crippen LogP contribution in [0.1, 0.15) is 24.0 Å². The number of fused-ring (bicyclic) bond motifs is 5. The summed E-state index contributed by atoms with van der Waals surface area (Å²) in [5.74, 6) is -0.952. The molecule has 3 fully saturated rings. The van der Waals surface area contributed by atoms with Crippen LogP contribution in [0, 0.1) is 18.8 Å². The molecular formula is C18H18N4O3. The Hall–Kier alpha value is -2.54. The van der Waals surface area contributed by atoms with E-state index in [1.165, 1.54) is 5.56 Å². The number of carbonyl (C=O) groups excluding carboxylic acids is 2. The van der Waals surface area contributed by atoms with Crippen LogP contribution in [0.5, 0.6) is 0 Å². The molecule has 25 heavy (non-hydrogen) atoms. The van der Waals surface area contributed by atoms with Gasteiger partial charge in [0, 0.05) is 0 Å². The first kappa shape index (κ1) is 14.8. The van der Waals surface area contributed by atoms with Gasteiger partial charge < -0.3 is 4.74 Å². The molecule has 0 radical (unpaired) electrons. The summed E-state index contributed by atoms with van der Waals surface area (Å²) in [5, 5.41) is 4.36. The number of rotatable bonds is 3. The van der Waals surface area contributed by atoms with E-state index in [1.54, 1.807) is 11.0 Å². The summed E-state index contributed by atoms with van der Waals surface area (Å²) in [4.78, 5) is 30.8. The maximum absolute atomic E-state index is 12.7. The summed E-state index contributed by atoms with van der Waals surface area (Å²) in [5.41, 5.74) is 2.28. The fraction of sp³-hybridized carbons (Fsp3) is 0.444. The first-order valence-corrected chi connectivity index (χ1v) is 8.60. The number of benzene rings is 1. The monoisotopic (exact) mass is 338 g/mol. The van der Waals surface area contributed by atoms with Gasteiger partial charge in [0.2, 0.25) is 11.8 Å². The third kappa shape index (κ3) is 2.15. The van der Waals surface area contributed by atoms with Gasteiger partial charge in [-0.1, -0.05) is 29.8 Å². The first-order valence-electron chi connectivity index (χ1n) is 8.60. The molecule has 5 rings (SSSR count). The Bertz CT molecular complexity index is 831. The minimum atomic E-state index is -0.352. The van der Waals surface area contributed by atoms with E-state index in [4.69, 9.17) is 4.74 Å². The highest BCUT2D eigenvalue weighted by Crippen LogP contribution is 2.48. The van der Waals surface area contributed by atoms with Gasteiger partial charge in [-0.3, -0.25) is 9.59 Å². The molecule has 1 aromatic carbocycles. The molecule has 3 aliphatic heterocycles. The van der Waals surface area contributed by atoms with Crippen molar-refractivity contribution < 1.29 is 14.3 Å². The molecule has 2 aromatic rings. The van der Waals surface area contributed by atoms with Crippen molar-refractivity contribution in [1.29, 1.82) is 0 Å². The normalized spacial score (nSPS) is 30.4. The van der Waals surface area contributed by atoms with Gasteiger partial charge in [-0.05, 0) is 25.3 Å². The van der Waals surface area contributed by atoms with E-state index in [-0.39, 0.29) is 41.8 Å². The highest BCUT2D eigenvalue weighted by Gasteiger charge is 2.63. The second-order valence-electron chi connectivity index (χ2n) is 7.08. The summed E-state index contributed by atoms with van der Waals surface area (Å²) < 4.78 is 7.40. The van der Waals surface area contributed by atoms with Crippen molar-refractivity contribution in [2.75, 3.05) is 4.90 Å². The zero-order valence-corrected chi connectivity index (χ0v) is 13.8. The maximum Gasteiger partial charge on any atom is 0.258 e. The summed E-state index contributed by atoms with van der Waals surface area (Å²) in [7, 11) is 0. The first-order chi connectivity index (χ1) is 12.1. The highest BCUT2D eigenvalue weighted by atomic mass is 16.5. The van der Waals surface area contributed by atoms with Crippen LogP contribution in [-0.4, -0.2) is 38.8 Å². The van der Waals surface area contributed by atoms with Gasteiger partial charge in [0.15, 0.2) is 0 Å². The number of imide groups is 1. The van der Waals surface area contributed by atoms with E-state index >= 15 is 0 Å². The standard InChI is InChI=1S/C18H18N4O3/c1-10-2-4-11(5-3-10)8-21-9-19-18(20-21)22-16(23)14-12-6-7-13(25-12)15(14)17(22)24/h2-5,9,12-15H,6-8H2,1H3/t12-,13-,14-,15-/m1/s1. The van der Waals surface area contributed by atoms with Crippen molar-refractivity contribution in [3.63, 3.8) is 0 Å². The fourth-order valence-corrected chi connectivity index (χ4v) is 4.25. The zero-order valence-electron chi connectivity index (χ0n) is 13.8. The summed E-state index contributed by atoms with van der Waals surface area (Å²) in [6, 6.07) is 8.14. The van der Waals surface area contributed by atoms with Gasteiger partial charge in [0.25, 0.3) is 5.95 Å². The van der Waals surface area contributed by atoms with Gasteiger partial charge in [0.1, 0.15) is 6.33 Å². The Balaban J connectivity index is 1.39. The SMILES string of the molecule is Cc1ccc(Cn2cnc(N3C(=O)[C@H]4[C@H](C3=O)[C@H]3CC[C@H]4O3)n2)cc1. The molecule has 3 saturated heterocycles. The minimum absolute atomic E-state index is 0.119. The third-order valence-corrected chi connectivity index (χ3v) is 5.47. The van der Waals surface area contributed by atoms with Gasteiger partial charge in [-0.2, -0.15) is 4.98 Å². The Kier molecular flexibility index (Phi) is 3.09. The molecule has 2 bridgehead atoms. The Labute approximate surface area is 144 Å². The lowest BCUT2D eigenvalue weighted by Crippen LogP contribution is -2.35. The number of ether oxygens (including phenoxy) is 1. The topological polar surface area (TPSA) is 77.3 Å². The summed E-state index contributed by atoms with van der Waals surface area (Å²) in [6.45, 7) is 2.58. The fourth-order valence-electron chi connectivity index (χ4n) is 4.25. The van der Waals surface area contributed by atoms with E-state index in [2.05, 4.69) is 10.1 Å². The summed E-state index contributed by atoms with van der Waals surface area (Å²) >= 11 is 0. The quantitative estimate of drug-likeness (QED) is 0.789. The van der Waals surface area contributed by atoms with Crippen molar-refractivity contribution >= 4 is 17.8 Å². The minimum Gasteiger partial charge on any atom is -0.373 e. The molecule has 0 unspecified atom stereocenters. The van der Waals surface area contributed by atoms with E-state index in [0.29, 0.717) is 6.54 Å². The van der Waals surface area contributed by atoms with E-state index < -0.39 is 0 Å². The van der Waals surface area contributed by atoms with Gasteiger partial charge in [-0.25, -0.2) is 9.58 Å². The second-order valence-corrected chi connectivity index (χ2v) is 7.08. The van der Waals surface area contributed by atoms with E-state index in [0.717, 1.165) is 23.3 Å². The number of nitrogens with zero attached hydrogens (tertiary/aromatic N) is 4. The van der Waals surface area contributed by atoms with Crippen LogP contribution in [0.2, 0.25) is 0 Å². The molecule has 4 heterocycles. The molecule has 0 aliphatic carbocycles. The van der Waals surface area contributed by atoms with Crippen molar-refractivity contribution in [3.8, 4) is 0 Å². The third-order valence-electron chi connectivity index (χ3n) is 5.47. The molecule has 0 saturated carbocycles. The number of hydrogen-bond donors (Lipinski definition) is 0. The highest BCUT2D eigenvalue weighted by molar-refractivity contribution is 6.21. The van der Waals surface area contributed by atoms with Crippen LogP contribution in [0.25, 0.3) is 0 Å². The van der Waals surface area contributed by atoms with E-state index in [9.17, 15) is 9.59 Å². The van der Waals surface area contributed by atoms with Crippen LogP contribution in [0.4, 0.5) is 5.95 Å². The maximum atomic E-state index is 12.7. The molecule has 128 valence electrons. The lowest BCUT2D eigenvalue weighted by Gasteiger charge is -2.14. The van der Waals surface area contributed by atoms with Crippen LogP contribution < -0.4 is 4.90 Å². The van der Waals surface area contributed by atoms with Crippen LogP contribution >= 0.6 is 0 Å². The lowest BCUT2D eigenvalue weighted by atomic mass is 9.81. The number of carbonyl (C=O) groups is 2. The molecule has 0 spiro atoms. The number of anilines is 1. The molecule has 2 amide bonds. The molecule has 1 aromatic heterocycles. The number of hydrogen-bond acceptors (Lipinski definition) is 5. The second kappa shape index (κ2) is 5.23. The van der Waals surface area contributed by atoms with Crippen LogP contribution in [0.15, 0.2) is 30.6 Å². The average molecular weight is 338 g/mol. The Morgan fingerprint density at radius 2 is 1.72 bits per heavy atom. The number of aromatic nitrogens is 3. The Morgan fingerprint density at radius 1 is 1.08 bits per heavy atom. The molecule has 3 aliphatic rings. The predicted octanol–water partition coefficient (Wildman–Crippen LogP) is 1.30. The van der Waals surface area contributed by atoms with Crippen molar-refractivity contribution in [2.45, 2.75) is 38.5 Å². The van der Waals surface area contributed by atoms with Gasteiger partial charge >= 0.3 is 0 Å².